The smallest absolute Gasteiger partial charge is 0.409 e. The average molecular weight is 768 g/mol. The van der Waals surface area contributed by atoms with Crippen molar-refractivity contribution in [3.05, 3.63) is 42.4 Å². The molecular formula is C35H45N9O11. The number of benzene rings is 1. The molecule has 0 radical (unpaired) electrons. The summed E-state index contributed by atoms with van der Waals surface area (Å²) in [5.74, 6) is -0.944. The van der Waals surface area contributed by atoms with Crippen LogP contribution in [0.5, 0.6) is 5.75 Å². The van der Waals surface area contributed by atoms with E-state index in [1.54, 1.807) is 24.2 Å². The van der Waals surface area contributed by atoms with Gasteiger partial charge in [-0.3, -0.25) is 9.36 Å². The van der Waals surface area contributed by atoms with Gasteiger partial charge in [-0.25, -0.2) is 24.4 Å². The zero-order chi connectivity index (χ0) is 40.1. The first-order valence-corrected chi connectivity index (χ1v) is 17.4. The molecule has 2 fully saturated rings. The van der Waals surface area contributed by atoms with Crippen molar-refractivity contribution >= 4 is 46.5 Å². The Morgan fingerprint density at radius 1 is 1.05 bits per heavy atom. The number of likely N-dealkylation sites (N-methyl/N-ethyl adjacent to an activating group) is 3. The van der Waals surface area contributed by atoms with E-state index in [9.17, 15) is 39.6 Å². The number of aliphatic hydroxyl groups excluding tert-OH is 3. The highest BCUT2D eigenvalue weighted by molar-refractivity contribution is 5.95. The molecule has 5 rings (SSSR count). The number of carboxylic acids is 1. The molecule has 55 heavy (non-hydrogen) atoms. The highest BCUT2D eigenvalue weighted by atomic mass is 16.7. The number of carbonyl (C=O) groups excluding carboxylic acids is 3. The Hall–Kier alpha value is -5.75. The van der Waals surface area contributed by atoms with E-state index >= 15 is 0 Å². The van der Waals surface area contributed by atoms with E-state index in [-0.39, 0.29) is 55.4 Å². The number of nitrogens with zero attached hydrogens (tertiary/aromatic N) is 8. The second kappa shape index (κ2) is 17.2. The van der Waals surface area contributed by atoms with Crippen LogP contribution in [0, 0.1) is 17.2 Å². The Labute approximate surface area is 315 Å². The summed E-state index contributed by atoms with van der Waals surface area (Å²) in [4.78, 5) is 65.4. The number of likely N-dealkylation sites (tertiary alicyclic amines) is 1. The summed E-state index contributed by atoms with van der Waals surface area (Å²) in [6.07, 6.45) is -6.09. The summed E-state index contributed by atoms with van der Waals surface area (Å²) in [7, 11) is 4.99. The van der Waals surface area contributed by atoms with Crippen molar-refractivity contribution < 1.29 is 53.8 Å². The number of ether oxygens (including phenoxy) is 3. The molecule has 0 bridgehead atoms. The van der Waals surface area contributed by atoms with Crippen molar-refractivity contribution in [2.24, 2.45) is 5.92 Å². The summed E-state index contributed by atoms with van der Waals surface area (Å²) < 4.78 is 17.4. The van der Waals surface area contributed by atoms with E-state index < -0.39 is 48.8 Å². The van der Waals surface area contributed by atoms with Crippen molar-refractivity contribution in [3.8, 4) is 11.8 Å². The Balaban J connectivity index is 1.14. The van der Waals surface area contributed by atoms with E-state index in [4.69, 9.17) is 25.2 Å². The van der Waals surface area contributed by atoms with Crippen LogP contribution >= 0.6 is 0 Å². The van der Waals surface area contributed by atoms with Gasteiger partial charge >= 0.3 is 18.1 Å². The Kier molecular flexibility index (Phi) is 12.6. The minimum absolute atomic E-state index is 0.0158. The largest absolute Gasteiger partial charge is 0.479 e. The van der Waals surface area contributed by atoms with Gasteiger partial charge in [0.25, 0.3) is 0 Å². The lowest BCUT2D eigenvalue weighted by Crippen LogP contribution is -2.61. The van der Waals surface area contributed by atoms with Gasteiger partial charge in [-0.05, 0) is 36.1 Å². The summed E-state index contributed by atoms with van der Waals surface area (Å²) in [6, 6.07) is 7.54. The molecule has 2 saturated heterocycles. The molecule has 1 aromatic carbocycles. The minimum Gasteiger partial charge on any atom is -0.479 e. The zero-order valence-corrected chi connectivity index (χ0v) is 30.8. The quantitative estimate of drug-likeness (QED) is 0.161. The molecule has 296 valence electrons. The van der Waals surface area contributed by atoms with Gasteiger partial charge in [-0.15, -0.1) is 0 Å². The van der Waals surface area contributed by atoms with Crippen molar-refractivity contribution in [1.29, 1.82) is 5.26 Å². The van der Waals surface area contributed by atoms with Gasteiger partial charge in [0.1, 0.15) is 49.2 Å². The predicted molar refractivity (Wildman–Crippen MR) is 192 cm³/mol. The number of anilines is 2. The number of nitrogens with two attached hydrogens (primary N) is 1. The lowest BCUT2D eigenvalue weighted by atomic mass is 9.92. The molecule has 0 unspecified atom stereocenters. The number of amides is 3. The number of piperidine rings is 1. The summed E-state index contributed by atoms with van der Waals surface area (Å²) >= 11 is 0. The van der Waals surface area contributed by atoms with Crippen LogP contribution in [0.4, 0.5) is 21.1 Å². The second-order valence-electron chi connectivity index (χ2n) is 13.6. The third kappa shape index (κ3) is 8.81. The molecule has 0 spiro atoms. The number of aliphatic carboxylic acids is 1. The molecule has 4 heterocycles. The van der Waals surface area contributed by atoms with Crippen LogP contribution in [-0.4, -0.2) is 158 Å². The Morgan fingerprint density at radius 2 is 1.78 bits per heavy atom. The molecule has 3 amide bonds. The van der Waals surface area contributed by atoms with Gasteiger partial charge in [0.2, 0.25) is 12.2 Å². The maximum absolute atomic E-state index is 13.5. The standard InChI is InChI=1S/C35H45N9O11/c1-19-8-11-43(25(45)7-10-36)16-23(19)42(4)30-21-9-12-44(31(21)39-18-38-30)34(51)40(2)13-14-41(3)35(52)53-17-20-5-6-24(22(37)15-20)54-33-28(48)26(46)27(47)29(55-33)32(49)50/h5-6,9,12,15,18-19,23,26-29,33,46-48H,7-8,11,13-14,16-17,37H2,1-4H3,(H,49,50)/t19-,23+,26+,27+,28-,29+,33-/m1/s1. The number of rotatable bonds is 11. The van der Waals surface area contributed by atoms with Crippen molar-refractivity contribution in [3.63, 3.8) is 0 Å². The van der Waals surface area contributed by atoms with Crippen LogP contribution in [0.25, 0.3) is 11.0 Å². The summed E-state index contributed by atoms with van der Waals surface area (Å²) in [6.45, 7) is 3.22. The molecule has 2 aromatic heterocycles. The third-order valence-corrected chi connectivity index (χ3v) is 9.90. The highest BCUT2D eigenvalue weighted by Crippen LogP contribution is 2.31. The molecule has 20 nitrogen and oxygen atoms in total. The number of aromatic nitrogens is 3. The van der Waals surface area contributed by atoms with Crippen LogP contribution in [-0.2, 0) is 25.7 Å². The van der Waals surface area contributed by atoms with E-state index in [0.717, 1.165) is 6.42 Å². The van der Waals surface area contributed by atoms with Gasteiger partial charge < -0.3 is 60.0 Å². The molecule has 6 N–H and O–H groups in total. The molecular weight excluding hydrogens is 722 g/mol. The number of hydrogen-bond acceptors (Lipinski definition) is 15. The van der Waals surface area contributed by atoms with E-state index in [2.05, 4.69) is 16.9 Å². The fourth-order valence-corrected chi connectivity index (χ4v) is 6.49. The van der Waals surface area contributed by atoms with Crippen molar-refractivity contribution in [2.75, 3.05) is 58.0 Å². The fourth-order valence-electron chi connectivity index (χ4n) is 6.49. The lowest BCUT2D eigenvalue weighted by Gasteiger charge is -2.42. The van der Waals surface area contributed by atoms with Crippen LogP contribution in [0.3, 0.4) is 0 Å². The van der Waals surface area contributed by atoms with Gasteiger partial charge in [0.05, 0.1) is 23.2 Å². The number of nitrogen functional groups attached to an aromatic ring is 1. The van der Waals surface area contributed by atoms with E-state index in [1.807, 2.05) is 18.0 Å². The van der Waals surface area contributed by atoms with Crippen molar-refractivity contribution in [1.82, 2.24) is 29.2 Å². The third-order valence-electron chi connectivity index (χ3n) is 9.90. The zero-order valence-electron chi connectivity index (χ0n) is 30.8. The van der Waals surface area contributed by atoms with Crippen LogP contribution in [0.15, 0.2) is 36.8 Å². The number of aliphatic hydroxyl groups is 3. The summed E-state index contributed by atoms with van der Waals surface area (Å²) in [5, 5.41) is 49.0. The van der Waals surface area contributed by atoms with Gasteiger partial charge in [0.15, 0.2) is 11.8 Å². The number of carboxylic acid groups (broad SMARTS) is 1. The Morgan fingerprint density at radius 3 is 2.47 bits per heavy atom. The van der Waals surface area contributed by atoms with Gasteiger partial charge in [0, 0.05) is 53.5 Å². The van der Waals surface area contributed by atoms with Crippen LogP contribution in [0.2, 0.25) is 0 Å². The molecule has 3 aromatic rings. The normalized spacial score (nSPS) is 23.7. The maximum atomic E-state index is 13.5. The molecule has 2 aliphatic rings. The topological polar surface area (TPSA) is 270 Å². The minimum atomic E-state index is -1.88. The van der Waals surface area contributed by atoms with Gasteiger partial charge in [-0.2, -0.15) is 5.26 Å². The fraction of sp³-hybridized carbons (Fsp3) is 0.514. The maximum Gasteiger partial charge on any atom is 0.409 e. The molecule has 2 aliphatic heterocycles. The lowest BCUT2D eigenvalue weighted by molar-refractivity contribution is -0.271. The molecule has 7 atom stereocenters. The van der Waals surface area contributed by atoms with Crippen LogP contribution in [0.1, 0.15) is 25.3 Å². The van der Waals surface area contributed by atoms with Crippen LogP contribution < -0.4 is 15.4 Å². The first-order valence-electron chi connectivity index (χ1n) is 17.4. The summed E-state index contributed by atoms with van der Waals surface area (Å²) in [5.41, 5.74) is 6.96. The van der Waals surface area contributed by atoms with E-state index in [0.29, 0.717) is 35.5 Å². The number of fused-ring (bicyclic) bond motifs is 1. The van der Waals surface area contributed by atoms with Gasteiger partial charge in [-0.1, -0.05) is 13.0 Å². The Bertz CT molecular complexity index is 1940. The first-order chi connectivity index (χ1) is 26.1. The second-order valence-corrected chi connectivity index (χ2v) is 13.6. The number of hydrogen-bond donors (Lipinski definition) is 5. The van der Waals surface area contributed by atoms with Crippen molar-refractivity contribution in [2.45, 2.75) is 63.1 Å². The molecule has 0 aliphatic carbocycles. The predicted octanol–water partition coefficient (Wildman–Crippen LogP) is 0.0399. The number of nitriles is 1. The number of carbonyl (C=O) groups is 4. The highest BCUT2D eigenvalue weighted by Gasteiger charge is 2.48. The SMILES string of the molecule is C[C@@H]1CCN(C(=O)CC#N)C[C@@H]1N(C)c1ncnc2c1ccn2C(=O)N(C)CCN(C)C(=O)OCc1ccc(O[C@@H]2O[C@H](C(=O)O)[C@@H](O)[C@H](O)[C@H]2O)c(N)c1. The molecule has 20 heteroatoms. The first kappa shape index (κ1) is 40.4. The average Bonchev–Trinajstić information content (AvgIpc) is 3.60. The molecule has 0 saturated carbocycles. The van der Waals surface area contributed by atoms with E-state index in [1.165, 1.54) is 45.9 Å². The monoisotopic (exact) mass is 767 g/mol.